The third-order valence-corrected chi connectivity index (χ3v) is 3.44. The van der Waals surface area contributed by atoms with Crippen LogP contribution >= 0.6 is 0 Å². The number of hydrogen-bond acceptors (Lipinski definition) is 4. The Hall–Kier alpha value is -2.88. The Bertz CT molecular complexity index is 700. The van der Waals surface area contributed by atoms with Crippen molar-refractivity contribution in [2.75, 3.05) is 12.4 Å². The van der Waals surface area contributed by atoms with E-state index in [1.54, 1.807) is 30.5 Å². The Balaban J connectivity index is 1.95. The van der Waals surface area contributed by atoms with Gasteiger partial charge in [-0.3, -0.25) is 4.79 Å². The number of rotatable bonds is 6. The van der Waals surface area contributed by atoms with E-state index >= 15 is 0 Å². The number of nitrogens with one attached hydrogen (secondary N) is 1. The lowest BCUT2D eigenvalue weighted by Gasteiger charge is -2.03. The number of ketones is 1. The maximum Gasteiger partial charge on any atom is 0.337 e. The van der Waals surface area contributed by atoms with Crippen LogP contribution in [0.15, 0.2) is 60.8 Å². The van der Waals surface area contributed by atoms with Crippen molar-refractivity contribution in [2.45, 2.75) is 13.3 Å². The largest absolute Gasteiger partial charge is 0.465 e. The predicted molar refractivity (Wildman–Crippen MR) is 90.7 cm³/mol. The average molecular weight is 309 g/mol. The Morgan fingerprint density at radius 3 is 2.17 bits per heavy atom. The second-order valence-corrected chi connectivity index (χ2v) is 4.96. The van der Waals surface area contributed by atoms with Gasteiger partial charge in [0, 0.05) is 23.5 Å². The van der Waals surface area contributed by atoms with Gasteiger partial charge in [-0.2, -0.15) is 0 Å². The first-order valence-corrected chi connectivity index (χ1v) is 7.38. The molecule has 4 nitrogen and oxygen atoms in total. The Morgan fingerprint density at radius 1 is 1.00 bits per heavy atom. The summed E-state index contributed by atoms with van der Waals surface area (Å²) >= 11 is 0. The molecule has 23 heavy (non-hydrogen) atoms. The number of aryl methyl sites for hydroxylation is 1. The van der Waals surface area contributed by atoms with Gasteiger partial charge in [0.15, 0.2) is 5.78 Å². The zero-order valence-corrected chi connectivity index (χ0v) is 13.2. The molecule has 0 saturated heterocycles. The highest BCUT2D eigenvalue weighted by Crippen LogP contribution is 2.11. The van der Waals surface area contributed by atoms with Gasteiger partial charge >= 0.3 is 5.97 Å². The standard InChI is InChI=1S/C19H19NO3/c1-3-14-4-6-15(7-5-14)18(21)12-13-20-17-10-8-16(9-11-17)19(22)23-2/h4-13,20H,3H2,1-2H3/b13-12+. The summed E-state index contributed by atoms with van der Waals surface area (Å²) in [6.45, 7) is 2.08. The van der Waals surface area contributed by atoms with Crippen LogP contribution in [-0.4, -0.2) is 18.9 Å². The number of esters is 1. The molecule has 0 fully saturated rings. The molecule has 0 amide bonds. The number of anilines is 1. The summed E-state index contributed by atoms with van der Waals surface area (Å²) < 4.78 is 4.64. The van der Waals surface area contributed by atoms with Gasteiger partial charge in [-0.25, -0.2) is 4.79 Å². The number of benzene rings is 2. The molecule has 0 unspecified atom stereocenters. The maximum absolute atomic E-state index is 12.0. The fourth-order valence-corrected chi connectivity index (χ4v) is 2.03. The molecular formula is C19H19NO3. The summed E-state index contributed by atoms with van der Waals surface area (Å²) in [6, 6.07) is 14.4. The van der Waals surface area contributed by atoms with Crippen LogP contribution in [0.25, 0.3) is 0 Å². The second-order valence-electron chi connectivity index (χ2n) is 4.96. The smallest absolute Gasteiger partial charge is 0.337 e. The van der Waals surface area contributed by atoms with Crippen molar-refractivity contribution >= 4 is 17.4 Å². The second kappa shape index (κ2) is 7.94. The van der Waals surface area contributed by atoms with Gasteiger partial charge in [-0.05, 0) is 36.2 Å². The fraction of sp³-hybridized carbons (Fsp3) is 0.158. The number of allylic oxidation sites excluding steroid dienone is 1. The summed E-state index contributed by atoms with van der Waals surface area (Å²) in [5.41, 5.74) is 3.12. The number of methoxy groups -OCH3 is 1. The summed E-state index contributed by atoms with van der Waals surface area (Å²) in [5, 5.41) is 3.00. The quantitative estimate of drug-likeness (QED) is 0.500. The minimum absolute atomic E-state index is 0.0636. The van der Waals surface area contributed by atoms with Crippen molar-refractivity contribution in [2.24, 2.45) is 0 Å². The first-order chi connectivity index (χ1) is 11.1. The first-order valence-electron chi connectivity index (χ1n) is 7.38. The summed E-state index contributed by atoms with van der Waals surface area (Å²) in [6.07, 6.45) is 4.02. The SMILES string of the molecule is CCc1ccc(C(=O)/C=C/Nc2ccc(C(=O)OC)cc2)cc1. The molecule has 2 aromatic rings. The van der Waals surface area contributed by atoms with Gasteiger partial charge in [0.25, 0.3) is 0 Å². The van der Waals surface area contributed by atoms with Crippen LogP contribution in [0.5, 0.6) is 0 Å². The third-order valence-electron chi connectivity index (χ3n) is 3.44. The van der Waals surface area contributed by atoms with E-state index in [1.807, 2.05) is 24.3 Å². The van der Waals surface area contributed by atoms with Crippen molar-refractivity contribution in [1.29, 1.82) is 0 Å². The van der Waals surface area contributed by atoms with Crippen LogP contribution in [0.1, 0.15) is 33.2 Å². The van der Waals surface area contributed by atoms with Crippen LogP contribution < -0.4 is 5.32 Å². The molecule has 0 aromatic heterocycles. The molecule has 0 aliphatic heterocycles. The summed E-state index contributed by atoms with van der Waals surface area (Å²) in [4.78, 5) is 23.4. The molecule has 0 radical (unpaired) electrons. The molecule has 0 heterocycles. The van der Waals surface area contributed by atoms with Crippen LogP contribution in [0.2, 0.25) is 0 Å². The molecule has 0 bridgehead atoms. The maximum atomic E-state index is 12.0. The van der Waals surface area contributed by atoms with E-state index in [4.69, 9.17) is 0 Å². The molecule has 0 spiro atoms. The highest BCUT2D eigenvalue weighted by Gasteiger charge is 2.04. The highest BCUT2D eigenvalue weighted by atomic mass is 16.5. The molecule has 4 heteroatoms. The highest BCUT2D eigenvalue weighted by molar-refractivity contribution is 6.04. The number of hydrogen-bond donors (Lipinski definition) is 1. The van der Waals surface area contributed by atoms with Crippen molar-refractivity contribution in [1.82, 2.24) is 0 Å². The molecule has 2 aromatic carbocycles. The first kappa shape index (κ1) is 16.5. The van der Waals surface area contributed by atoms with Crippen molar-refractivity contribution in [3.05, 3.63) is 77.5 Å². The molecule has 0 aliphatic rings. The number of carbonyl (C=O) groups excluding carboxylic acids is 2. The van der Waals surface area contributed by atoms with Crippen molar-refractivity contribution in [3.63, 3.8) is 0 Å². The molecule has 118 valence electrons. The summed E-state index contributed by atoms with van der Waals surface area (Å²) in [5.74, 6) is -0.441. The van der Waals surface area contributed by atoms with E-state index in [1.165, 1.54) is 18.7 Å². The van der Waals surface area contributed by atoms with Gasteiger partial charge in [0.1, 0.15) is 0 Å². The molecule has 0 aliphatic carbocycles. The average Bonchev–Trinajstić information content (AvgIpc) is 2.61. The van der Waals surface area contributed by atoms with E-state index in [0.717, 1.165) is 12.1 Å². The summed E-state index contributed by atoms with van der Waals surface area (Å²) in [7, 11) is 1.34. The molecular weight excluding hydrogens is 290 g/mol. The van der Waals surface area contributed by atoms with Crippen LogP contribution in [-0.2, 0) is 11.2 Å². The lowest BCUT2D eigenvalue weighted by molar-refractivity contribution is 0.0600. The Morgan fingerprint density at radius 2 is 1.61 bits per heavy atom. The normalized spacial score (nSPS) is 10.5. The van der Waals surface area contributed by atoms with E-state index in [9.17, 15) is 9.59 Å². The van der Waals surface area contributed by atoms with Crippen LogP contribution in [0.4, 0.5) is 5.69 Å². The minimum atomic E-state index is -0.377. The monoisotopic (exact) mass is 309 g/mol. The molecule has 2 rings (SSSR count). The predicted octanol–water partition coefficient (Wildman–Crippen LogP) is 3.84. The zero-order valence-electron chi connectivity index (χ0n) is 13.2. The van der Waals surface area contributed by atoms with Gasteiger partial charge in [0.2, 0.25) is 0 Å². The lowest BCUT2D eigenvalue weighted by atomic mass is 10.1. The Labute approximate surface area is 135 Å². The van der Waals surface area contributed by atoms with Crippen molar-refractivity contribution < 1.29 is 14.3 Å². The molecule has 0 saturated carbocycles. The van der Waals surface area contributed by atoms with Crippen LogP contribution in [0.3, 0.4) is 0 Å². The minimum Gasteiger partial charge on any atom is -0.465 e. The van der Waals surface area contributed by atoms with E-state index in [0.29, 0.717) is 11.1 Å². The molecule has 1 N–H and O–H groups in total. The third kappa shape index (κ3) is 4.54. The van der Waals surface area contributed by atoms with Gasteiger partial charge < -0.3 is 10.1 Å². The van der Waals surface area contributed by atoms with Gasteiger partial charge in [-0.1, -0.05) is 31.2 Å². The van der Waals surface area contributed by atoms with Gasteiger partial charge in [0.05, 0.1) is 12.7 Å². The lowest BCUT2D eigenvalue weighted by Crippen LogP contribution is -2.01. The van der Waals surface area contributed by atoms with Crippen molar-refractivity contribution in [3.8, 4) is 0 Å². The Kier molecular flexibility index (Phi) is 5.69. The van der Waals surface area contributed by atoms with Crippen LogP contribution in [0, 0.1) is 0 Å². The topological polar surface area (TPSA) is 55.4 Å². The van der Waals surface area contributed by atoms with Gasteiger partial charge in [-0.15, -0.1) is 0 Å². The van der Waals surface area contributed by atoms with E-state index in [2.05, 4.69) is 17.0 Å². The molecule has 0 atom stereocenters. The van der Waals surface area contributed by atoms with E-state index in [-0.39, 0.29) is 11.8 Å². The number of ether oxygens (including phenoxy) is 1. The van der Waals surface area contributed by atoms with E-state index < -0.39 is 0 Å². The fourth-order valence-electron chi connectivity index (χ4n) is 2.03. The number of carbonyl (C=O) groups is 2. The zero-order chi connectivity index (χ0) is 16.7.